The number of allylic oxidation sites excluding steroid dienone is 1. The van der Waals surface area contributed by atoms with Gasteiger partial charge in [-0.2, -0.15) is 0 Å². The molecule has 0 aliphatic carbocycles. The molecule has 1 unspecified atom stereocenters. The number of ether oxygens (including phenoxy) is 1. The van der Waals surface area contributed by atoms with Crippen molar-refractivity contribution in [1.82, 2.24) is 9.80 Å². The van der Waals surface area contributed by atoms with E-state index in [1.165, 1.54) is 11.9 Å². The molecule has 8 nitrogen and oxygen atoms in total. The second-order valence-electron chi connectivity index (χ2n) is 6.95. The molecule has 1 heterocycles. The van der Waals surface area contributed by atoms with Crippen molar-refractivity contribution in [2.75, 3.05) is 13.6 Å². The number of likely N-dealkylation sites (N-methyl/N-ethyl adjacent to an activating group) is 1. The average molecular weight is 342 g/mol. The Balaban J connectivity index is 3.07. The average Bonchev–Trinajstić information content (AvgIpc) is 2.83. The largest absolute Gasteiger partial charge is 0.479 e. The SMILES string of the molecule is CC=CCC1(C(=O)O)C[C@@H](N(C)C(=O)OC(C)(C)C)CN1C(=O)O. The molecule has 1 saturated heterocycles. The Bertz CT molecular complexity index is 539. The fourth-order valence-electron chi connectivity index (χ4n) is 2.75. The van der Waals surface area contributed by atoms with Crippen molar-refractivity contribution >= 4 is 18.2 Å². The van der Waals surface area contributed by atoms with Crippen molar-refractivity contribution in [3.05, 3.63) is 12.2 Å². The van der Waals surface area contributed by atoms with Crippen LogP contribution in [0.5, 0.6) is 0 Å². The highest BCUT2D eigenvalue weighted by molar-refractivity contribution is 5.85. The predicted molar refractivity (Wildman–Crippen MR) is 86.9 cm³/mol. The van der Waals surface area contributed by atoms with E-state index >= 15 is 0 Å². The first-order chi connectivity index (χ1) is 10.9. The summed E-state index contributed by atoms with van der Waals surface area (Å²) in [4.78, 5) is 37.8. The maximum atomic E-state index is 12.2. The van der Waals surface area contributed by atoms with Gasteiger partial charge in [-0.25, -0.2) is 14.4 Å². The van der Waals surface area contributed by atoms with Crippen LogP contribution in [0.25, 0.3) is 0 Å². The van der Waals surface area contributed by atoms with Crippen LogP contribution in [0.3, 0.4) is 0 Å². The molecule has 24 heavy (non-hydrogen) atoms. The molecule has 1 rings (SSSR count). The van der Waals surface area contributed by atoms with Crippen molar-refractivity contribution in [3.8, 4) is 0 Å². The molecule has 0 aromatic carbocycles. The summed E-state index contributed by atoms with van der Waals surface area (Å²) in [6.07, 6.45) is 1.43. The second kappa shape index (κ2) is 7.11. The van der Waals surface area contributed by atoms with E-state index in [0.717, 1.165) is 4.90 Å². The van der Waals surface area contributed by atoms with E-state index in [4.69, 9.17) is 4.74 Å². The zero-order valence-corrected chi connectivity index (χ0v) is 14.8. The maximum absolute atomic E-state index is 12.2. The number of likely N-dealkylation sites (tertiary alicyclic amines) is 1. The summed E-state index contributed by atoms with van der Waals surface area (Å²) in [5, 5.41) is 19.1. The van der Waals surface area contributed by atoms with Crippen molar-refractivity contribution in [2.24, 2.45) is 0 Å². The molecule has 1 aliphatic rings. The van der Waals surface area contributed by atoms with Gasteiger partial charge in [-0.1, -0.05) is 12.2 Å². The number of rotatable bonds is 4. The van der Waals surface area contributed by atoms with Crippen LogP contribution in [0, 0.1) is 0 Å². The molecule has 2 atom stereocenters. The summed E-state index contributed by atoms with van der Waals surface area (Å²) in [6.45, 7) is 6.84. The Morgan fingerprint density at radius 1 is 1.33 bits per heavy atom. The molecule has 0 radical (unpaired) electrons. The van der Waals surface area contributed by atoms with Gasteiger partial charge >= 0.3 is 18.2 Å². The molecule has 1 aliphatic heterocycles. The molecule has 2 amide bonds. The Kier molecular flexibility index (Phi) is 5.86. The van der Waals surface area contributed by atoms with Crippen LogP contribution in [0.15, 0.2) is 12.2 Å². The lowest BCUT2D eigenvalue weighted by Crippen LogP contribution is -2.52. The van der Waals surface area contributed by atoms with E-state index in [1.807, 2.05) is 0 Å². The summed E-state index contributed by atoms with van der Waals surface area (Å²) in [6, 6.07) is -0.572. The third kappa shape index (κ3) is 4.18. The highest BCUT2D eigenvalue weighted by Crippen LogP contribution is 2.36. The summed E-state index contributed by atoms with van der Waals surface area (Å²) in [5.41, 5.74) is -2.27. The van der Waals surface area contributed by atoms with Crippen LogP contribution in [0.2, 0.25) is 0 Å². The van der Waals surface area contributed by atoms with Crippen LogP contribution >= 0.6 is 0 Å². The van der Waals surface area contributed by atoms with Crippen LogP contribution in [0.1, 0.15) is 40.5 Å². The topological polar surface area (TPSA) is 107 Å². The molecule has 1 fully saturated rings. The molecule has 0 bridgehead atoms. The molecule has 0 aromatic rings. The van der Waals surface area contributed by atoms with Crippen LogP contribution in [-0.2, 0) is 9.53 Å². The smallest absolute Gasteiger partial charge is 0.410 e. The quantitative estimate of drug-likeness (QED) is 0.760. The van der Waals surface area contributed by atoms with Gasteiger partial charge in [0.15, 0.2) is 0 Å². The molecule has 0 spiro atoms. The fraction of sp³-hybridized carbons (Fsp3) is 0.688. The minimum Gasteiger partial charge on any atom is -0.479 e. The fourth-order valence-corrected chi connectivity index (χ4v) is 2.75. The number of nitrogens with zero attached hydrogens (tertiary/aromatic N) is 2. The van der Waals surface area contributed by atoms with E-state index in [-0.39, 0.29) is 19.4 Å². The molecular weight excluding hydrogens is 316 g/mol. The van der Waals surface area contributed by atoms with E-state index in [0.29, 0.717) is 0 Å². The van der Waals surface area contributed by atoms with E-state index in [1.54, 1.807) is 39.8 Å². The summed E-state index contributed by atoms with van der Waals surface area (Å²) < 4.78 is 5.28. The Labute approximate surface area is 141 Å². The molecule has 136 valence electrons. The number of aliphatic carboxylic acids is 1. The van der Waals surface area contributed by atoms with Gasteiger partial charge in [0.25, 0.3) is 0 Å². The number of carboxylic acids is 1. The molecule has 0 saturated carbocycles. The monoisotopic (exact) mass is 342 g/mol. The van der Waals surface area contributed by atoms with Gasteiger partial charge in [-0.3, -0.25) is 4.90 Å². The molecular formula is C16H26N2O6. The van der Waals surface area contributed by atoms with Crippen molar-refractivity contribution < 1.29 is 29.3 Å². The van der Waals surface area contributed by atoms with Crippen molar-refractivity contribution in [1.29, 1.82) is 0 Å². The lowest BCUT2D eigenvalue weighted by molar-refractivity contribution is -0.148. The first kappa shape index (κ1) is 19.8. The van der Waals surface area contributed by atoms with Crippen molar-refractivity contribution in [2.45, 2.75) is 57.7 Å². The zero-order chi connectivity index (χ0) is 18.7. The summed E-state index contributed by atoms with van der Waals surface area (Å²) >= 11 is 0. The summed E-state index contributed by atoms with van der Waals surface area (Å²) in [5.74, 6) is -1.22. The van der Waals surface area contributed by atoms with Gasteiger partial charge < -0.3 is 19.8 Å². The molecule has 8 heteroatoms. The van der Waals surface area contributed by atoms with Gasteiger partial charge in [0, 0.05) is 20.0 Å². The van der Waals surface area contributed by atoms with Crippen LogP contribution in [-0.4, -0.2) is 68.9 Å². The predicted octanol–water partition coefficient (Wildman–Crippen LogP) is 2.40. The first-order valence-corrected chi connectivity index (χ1v) is 7.75. The van der Waals surface area contributed by atoms with Crippen LogP contribution in [0.4, 0.5) is 9.59 Å². The number of hydrogen-bond acceptors (Lipinski definition) is 4. The zero-order valence-electron chi connectivity index (χ0n) is 14.8. The number of carbonyl (C=O) groups excluding carboxylic acids is 1. The van der Waals surface area contributed by atoms with Crippen molar-refractivity contribution in [3.63, 3.8) is 0 Å². The number of carboxylic acid groups (broad SMARTS) is 2. The van der Waals surface area contributed by atoms with E-state index in [2.05, 4.69) is 0 Å². The number of carbonyl (C=O) groups is 3. The third-order valence-corrected chi connectivity index (χ3v) is 4.03. The Morgan fingerprint density at radius 2 is 1.92 bits per heavy atom. The first-order valence-electron chi connectivity index (χ1n) is 7.75. The van der Waals surface area contributed by atoms with E-state index in [9.17, 15) is 24.6 Å². The third-order valence-electron chi connectivity index (χ3n) is 4.03. The highest BCUT2D eigenvalue weighted by atomic mass is 16.6. The van der Waals surface area contributed by atoms with Gasteiger partial charge in [0.2, 0.25) is 0 Å². The highest BCUT2D eigenvalue weighted by Gasteiger charge is 2.54. The summed E-state index contributed by atoms with van der Waals surface area (Å²) in [7, 11) is 1.49. The normalized spacial score (nSPS) is 24.2. The lowest BCUT2D eigenvalue weighted by atomic mass is 9.90. The van der Waals surface area contributed by atoms with Gasteiger partial charge in [-0.15, -0.1) is 0 Å². The standard InChI is InChI=1S/C16H26N2O6/c1-6-7-8-16(12(19)20)9-11(10-18(16)13(21)22)17(5)14(23)24-15(2,3)4/h6-7,11H,8-10H2,1-5H3,(H,19,20)(H,21,22)/t11-,16?/m1/s1. The van der Waals surface area contributed by atoms with Crippen LogP contribution < -0.4 is 0 Å². The Hall–Kier alpha value is -2.25. The minimum absolute atomic E-state index is 0.00865. The van der Waals surface area contributed by atoms with Gasteiger partial charge in [0.1, 0.15) is 11.1 Å². The number of amides is 2. The van der Waals surface area contributed by atoms with Gasteiger partial charge in [0.05, 0.1) is 6.04 Å². The number of hydrogen-bond donors (Lipinski definition) is 2. The van der Waals surface area contributed by atoms with E-state index < -0.39 is 35.3 Å². The second-order valence-corrected chi connectivity index (χ2v) is 6.95. The lowest BCUT2D eigenvalue weighted by Gasteiger charge is -2.31. The van der Waals surface area contributed by atoms with Gasteiger partial charge in [-0.05, 0) is 34.1 Å². The minimum atomic E-state index is -1.58. The molecule has 2 N–H and O–H groups in total. The maximum Gasteiger partial charge on any atom is 0.410 e. The Morgan fingerprint density at radius 3 is 2.33 bits per heavy atom. The molecule has 0 aromatic heterocycles.